The lowest BCUT2D eigenvalue weighted by Crippen LogP contribution is -2.30. The topological polar surface area (TPSA) is 46.8 Å². The molecule has 0 bridgehead atoms. The first-order valence-electron chi connectivity index (χ1n) is 13.1. The average Bonchev–Trinajstić information content (AvgIpc) is 3.46. The smallest absolute Gasteiger partial charge is 0.266 e. The number of carbonyl (C=O) groups is 1. The number of aliphatic imine (C=N–C) groups is 1. The fourth-order valence-corrected chi connectivity index (χ4v) is 5.98. The Morgan fingerprint density at radius 3 is 2.51 bits per heavy atom. The van der Waals surface area contributed by atoms with Crippen molar-refractivity contribution in [3.63, 3.8) is 0 Å². The predicted octanol–water partition coefficient (Wildman–Crippen LogP) is 7.48. The number of amidine groups is 1. The Bertz CT molecular complexity index is 1700. The van der Waals surface area contributed by atoms with Crippen LogP contribution in [0.2, 0.25) is 0 Å². The zero-order valence-corrected chi connectivity index (χ0v) is 22.6. The van der Waals surface area contributed by atoms with E-state index in [0.717, 1.165) is 35.1 Å². The fourth-order valence-electron chi connectivity index (χ4n) is 4.96. The van der Waals surface area contributed by atoms with Crippen LogP contribution in [0.5, 0.6) is 0 Å². The van der Waals surface area contributed by atoms with Crippen LogP contribution in [-0.2, 0) is 16.1 Å². The number of benzene rings is 4. The highest BCUT2D eigenvalue weighted by Crippen LogP contribution is 2.36. The maximum absolute atomic E-state index is 13.6. The maximum atomic E-state index is 13.6. The first-order valence-corrected chi connectivity index (χ1v) is 13.9. The summed E-state index contributed by atoms with van der Waals surface area (Å²) in [6, 6.07) is 33.2. The van der Waals surface area contributed by atoms with Gasteiger partial charge >= 0.3 is 0 Å². The Morgan fingerprint density at radius 1 is 0.897 bits per heavy atom. The molecular weight excluding hydrogens is 502 g/mol. The number of aromatic nitrogens is 1. The summed E-state index contributed by atoms with van der Waals surface area (Å²) in [7, 11) is 1.68. The van der Waals surface area contributed by atoms with Gasteiger partial charge in [0.05, 0.1) is 10.6 Å². The molecule has 2 heterocycles. The van der Waals surface area contributed by atoms with Gasteiger partial charge in [-0.25, -0.2) is 4.99 Å². The van der Waals surface area contributed by atoms with Gasteiger partial charge in [-0.15, -0.1) is 0 Å². The van der Waals surface area contributed by atoms with Crippen LogP contribution in [0, 0.1) is 0 Å². The van der Waals surface area contributed by atoms with Crippen LogP contribution in [-0.4, -0.2) is 40.8 Å². The quantitative estimate of drug-likeness (QED) is 0.154. The van der Waals surface area contributed by atoms with E-state index in [0.29, 0.717) is 23.2 Å². The highest BCUT2D eigenvalue weighted by molar-refractivity contribution is 8.18. The number of ether oxygens (including phenoxy) is 1. The summed E-state index contributed by atoms with van der Waals surface area (Å²) in [6.07, 6.45) is 4.92. The summed E-state index contributed by atoms with van der Waals surface area (Å²) >= 11 is 1.44. The summed E-state index contributed by atoms with van der Waals surface area (Å²) in [5, 5.41) is 4.30. The normalized spacial score (nSPS) is 15.8. The average molecular weight is 532 g/mol. The van der Waals surface area contributed by atoms with E-state index >= 15 is 0 Å². The molecular formula is C33H29N3O2S. The lowest BCUT2D eigenvalue weighted by Gasteiger charge is -2.15. The Hall–Kier alpha value is -4.13. The van der Waals surface area contributed by atoms with E-state index in [4.69, 9.17) is 9.73 Å². The minimum atomic E-state index is -0.0165. The number of amides is 1. The van der Waals surface area contributed by atoms with E-state index in [2.05, 4.69) is 71.4 Å². The van der Waals surface area contributed by atoms with E-state index in [-0.39, 0.29) is 5.91 Å². The van der Waals surface area contributed by atoms with Gasteiger partial charge in [-0.3, -0.25) is 9.69 Å². The van der Waals surface area contributed by atoms with E-state index < -0.39 is 0 Å². The standard InChI is InChI=1S/C33H29N3O2S/c1-38-19-9-18-36-32(37)31(39-33(36)34-28-12-3-2-4-13-28)21-27-23-35(30-15-8-7-14-29(27)30)22-24-16-17-25-10-5-6-11-26(25)20-24/h2-8,10-17,20-21,23H,9,18-19,22H2,1H3/b31-21-,34-33?. The van der Waals surface area contributed by atoms with Crippen molar-refractivity contribution in [3.8, 4) is 0 Å². The molecule has 5 aromatic rings. The highest BCUT2D eigenvalue weighted by Gasteiger charge is 2.33. The second-order valence-corrected chi connectivity index (χ2v) is 10.6. The molecule has 1 fully saturated rings. The molecule has 0 unspecified atom stereocenters. The summed E-state index contributed by atoms with van der Waals surface area (Å²) in [5.74, 6) is -0.0165. The second-order valence-electron chi connectivity index (χ2n) is 9.55. The van der Waals surface area contributed by atoms with E-state index in [9.17, 15) is 4.79 Å². The third-order valence-electron chi connectivity index (χ3n) is 6.87. The number of rotatable bonds is 8. The molecule has 1 aromatic heterocycles. The van der Waals surface area contributed by atoms with Crippen molar-refractivity contribution in [2.45, 2.75) is 13.0 Å². The maximum Gasteiger partial charge on any atom is 0.266 e. The molecule has 0 saturated carbocycles. The number of thioether (sulfide) groups is 1. The van der Waals surface area contributed by atoms with Crippen molar-refractivity contribution < 1.29 is 9.53 Å². The molecule has 1 aliphatic heterocycles. The Labute approximate surface area is 232 Å². The molecule has 6 rings (SSSR count). The van der Waals surface area contributed by atoms with Gasteiger partial charge in [0.2, 0.25) is 0 Å². The number of para-hydroxylation sites is 2. The van der Waals surface area contributed by atoms with Gasteiger partial charge in [0.1, 0.15) is 0 Å². The largest absolute Gasteiger partial charge is 0.385 e. The van der Waals surface area contributed by atoms with E-state index in [1.54, 1.807) is 12.0 Å². The van der Waals surface area contributed by atoms with Crippen molar-refractivity contribution in [2.75, 3.05) is 20.3 Å². The minimum absolute atomic E-state index is 0.0165. The Morgan fingerprint density at radius 2 is 1.67 bits per heavy atom. The zero-order chi connectivity index (χ0) is 26.6. The number of hydrogen-bond acceptors (Lipinski definition) is 4. The molecule has 6 heteroatoms. The van der Waals surface area contributed by atoms with Crippen LogP contribution in [0.15, 0.2) is 113 Å². The molecule has 0 radical (unpaired) electrons. The van der Waals surface area contributed by atoms with Crippen molar-refractivity contribution in [1.82, 2.24) is 9.47 Å². The van der Waals surface area contributed by atoms with E-state index in [1.165, 1.54) is 28.1 Å². The SMILES string of the molecule is COCCCN1C(=O)/C(=C/c2cn(Cc3ccc4ccccc4c3)c3ccccc23)SC1=Nc1ccccc1. The first kappa shape index (κ1) is 25.2. The van der Waals surface area contributed by atoms with Crippen LogP contribution in [0.1, 0.15) is 17.5 Å². The monoisotopic (exact) mass is 531 g/mol. The zero-order valence-electron chi connectivity index (χ0n) is 21.8. The molecule has 1 saturated heterocycles. The highest BCUT2D eigenvalue weighted by atomic mass is 32.2. The van der Waals surface area contributed by atoms with Gasteiger partial charge in [-0.05, 0) is 64.9 Å². The molecule has 0 aliphatic carbocycles. The van der Waals surface area contributed by atoms with Gasteiger partial charge in [0.15, 0.2) is 5.17 Å². The summed E-state index contributed by atoms with van der Waals surface area (Å²) in [5.41, 5.74) is 4.24. The van der Waals surface area contributed by atoms with Gasteiger partial charge in [0.25, 0.3) is 5.91 Å². The third kappa shape index (κ3) is 5.39. The molecule has 194 valence electrons. The van der Waals surface area contributed by atoms with Crippen LogP contribution in [0.25, 0.3) is 27.8 Å². The number of nitrogens with zero attached hydrogens (tertiary/aromatic N) is 3. The molecule has 39 heavy (non-hydrogen) atoms. The van der Waals surface area contributed by atoms with Gasteiger partial charge in [-0.2, -0.15) is 0 Å². The third-order valence-corrected chi connectivity index (χ3v) is 7.88. The molecule has 0 atom stereocenters. The summed E-state index contributed by atoms with van der Waals surface area (Å²) in [4.78, 5) is 20.8. The van der Waals surface area contributed by atoms with Gasteiger partial charge in [0, 0.05) is 49.5 Å². The molecule has 0 spiro atoms. The molecule has 4 aromatic carbocycles. The van der Waals surface area contributed by atoms with Crippen molar-refractivity contribution in [2.24, 2.45) is 4.99 Å². The Kier molecular flexibility index (Phi) is 7.30. The van der Waals surface area contributed by atoms with Crippen LogP contribution >= 0.6 is 11.8 Å². The van der Waals surface area contributed by atoms with Crippen LogP contribution in [0.4, 0.5) is 5.69 Å². The number of fused-ring (bicyclic) bond motifs is 2. The first-order chi connectivity index (χ1) is 19.2. The van der Waals surface area contributed by atoms with Crippen molar-refractivity contribution in [3.05, 3.63) is 119 Å². The van der Waals surface area contributed by atoms with Gasteiger partial charge in [-0.1, -0.05) is 72.8 Å². The van der Waals surface area contributed by atoms with E-state index in [1.807, 2.05) is 42.5 Å². The number of carbonyl (C=O) groups excluding carboxylic acids is 1. The van der Waals surface area contributed by atoms with Gasteiger partial charge < -0.3 is 9.30 Å². The molecule has 1 amide bonds. The Balaban J connectivity index is 1.35. The number of hydrogen-bond donors (Lipinski definition) is 0. The second kappa shape index (κ2) is 11.3. The minimum Gasteiger partial charge on any atom is -0.385 e. The van der Waals surface area contributed by atoms with Crippen molar-refractivity contribution in [1.29, 1.82) is 0 Å². The lowest BCUT2D eigenvalue weighted by molar-refractivity contribution is -0.122. The predicted molar refractivity (Wildman–Crippen MR) is 162 cm³/mol. The fraction of sp³-hybridized carbons (Fsp3) is 0.152. The lowest BCUT2D eigenvalue weighted by atomic mass is 10.1. The van der Waals surface area contributed by atoms with Crippen molar-refractivity contribution >= 4 is 56.3 Å². The summed E-state index contributed by atoms with van der Waals surface area (Å²) < 4.78 is 7.50. The van der Waals surface area contributed by atoms with Crippen LogP contribution in [0.3, 0.4) is 0 Å². The molecule has 1 aliphatic rings. The molecule has 0 N–H and O–H groups in total. The number of methoxy groups -OCH3 is 1. The summed E-state index contributed by atoms with van der Waals surface area (Å²) in [6.45, 7) is 1.90. The van der Waals surface area contributed by atoms with Crippen LogP contribution < -0.4 is 0 Å². The molecule has 5 nitrogen and oxygen atoms in total.